The lowest BCUT2D eigenvalue weighted by atomic mass is 10.1. The van der Waals surface area contributed by atoms with Crippen LogP contribution in [0.2, 0.25) is 0 Å². The predicted octanol–water partition coefficient (Wildman–Crippen LogP) is 1.12. The molecule has 0 radical (unpaired) electrons. The van der Waals surface area contributed by atoms with Crippen molar-refractivity contribution in [3.05, 3.63) is 12.7 Å². The molecule has 1 saturated heterocycles. The Bertz CT molecular complexity index is 284. The molecule has 1 N–H and O–H groups in total. The molecule has 1 aliphatic rings. The quantitative estimate of drug-likeness (QED) is 0.718. The zero-order valence-corrected chi connectivity index (χ0v) is 9.52. The summed E-state index contributed by atoms with van der Waals surface area (Å²) in [6.45, 7) is 5.72. The summed E-state index contributed by atoms with van der Waals surface area (Å²) in [5, 5.41) is 3.32. The van der Waals surface area contributed by atoms with E-state index in [0.717, 1.165) is 19.3 Å². The lowest BCUT2D eigenvalue weighted by Crippen LogP contribution is -2.44. The van der Waals surface area contributed by atoms with Crippen LogP contribution in [0.4, 0.5) is 0 Å². The molecule has 0 aromatic heterocycles. The van der Waals surface area contributed by atoms with Crippen LogP contribution >= 0.6 is 0 Å². The summed E-state index contributed by atoms with van der Waals surface area (Å²) in [5.41, 5.74) is 0. The Morgan fingerprint density at radius 1 is 1.64 bits per heavy atom. The van der Waals surface area contributed by atoms with Crippen LogP contribution in [-0.2, 0) is 9.84 Å². The summed E-state index contributed by atoms with van der Waals surface area (Å²) in [4.78, 5) is 0. The Morgan fingerprint density at radius 3 is 2.93 bits per heavy atom. The van der Waals surface area contributed by atoms with Gasteiger partial charge in [-0.1, -0.05) is 6.08 Å². The molecule has 0 bridgehead atoms. The minimum atomic E-state index is -2.78. The lowest BCUT2D eigenvalue weighted by Gasteiger charge is -2.26. The van der Waals surface area contributed by atoms with Crippen LogP contribution in [0.5, 0.6) is 0 Å². The third-order valence-electron chi connectivity index (χ3n) is 2.50. The third kappa shape index (κ3) is 3.80. The molecular formula is C10H19NO2S. The SMILES string of the molecule is C=CCC(C)NC1CCCS(=O)(=O)C1. The monoisotopic (exact) mass is 217 g/mol. The van der Waals surface area contributed by atoms with Crippen LogP contribution < -0.4 is 5.32 Å². The van der Waals surface area contributed by atoms with Crippen molar-refractivity contribution in [2.24, 2.45) is 0 Å². The zero-order valence-electron chi connectivity index (χ0n) is 8.70. The van der Waals surface area contributed by atoms with E-state index in [-0.39, 0.29) is 6.04 Å². The molecule has 0 spiro atoms. The fourth-order valence-electron chi connectivity index (χ4n) is 1.87. The third-order valence-corrected chi connectivity index (χ3v) is 4.32. The number of hydrogen-bond donors (Lipinski definition) is 1. The van der Waals surface area contributed by atoms with Gasteiger partial charge in [-0.3, -0.25) is 0 Å². The summed E-state index contributed by atoms with van der Waals surface area (Å²) in [6.07, 6.45) is 4.51. The molecule has 1 fully saturated rings. The van der Waals surface area contributed by atoms with Gasteiger partial charge < -0.3 is 5.32 Å². The molecule has 2 unspecified atom stereocenters. The molecule has 0 aromatic rings. The van der Waals surface area contributed by atoms with Gasteiger partial charge in [0.05, 0.1) is 11.5 Å². The van der Waals surface area contributed by atoms with Gasteiger partial charge in [-0.15, -0.1) is 6.58 Å². The Hall–Kier alpha value is -0.350. The normalized spacial score (nSPS) is 28.2. The molecule has 0 saturated carbocycles. The van der Waals surface area contributed by atoms with Crippen LogP contribution in [0, 0.1) is 0 Å². The van der Waals surface area contributed by atoms with E-state index in [4.69, 9.17) is 0 Å². The largest absolute Gasteiger partial charge is 0.310 e. The van der Waals surface area contributed by atoms with E-state index >= 15 is 0 Å². The summed E-state index contributed by atoms with van der Waals surface area (Å²) in [6, 6.07) is 0.467. The highest BCUT2D eigenvalue weighted by Gasteiger charge is 2.24. The Morgan fingerprint density at radius 2 is 2.36 bits per heavy atom. The Balaban J connectivity index is 2.41. The summed E-state index contributed by atoms with van der Waals surface area (Å²) in [7, 11) is -2.78. The highest BCUT2D eigenvalue weighted by molar-refractivity contribution is 7.91. The summed E-state index contributed by atoms with van der Waals surface area (Å²) in [5.74, 6) is 0.662. The topological polar surface area (TPSA) is 46.2 Å². The van der Waals surface area contributed by atoms with E-state index in [1.807, 2.05) is 6.08 Å². The average molecular weight is 217 g/mol. The van der Waals surface area contributed by atoms with Gasteiger partial charge in [-0.25, -0.2) is 8.42 Å². The van der Waals surface area contributed by atoms with Crippen LogP contribution in [0.1, 0.15) is 26.2 Å². The molecular weight excluding hydrogens is 198 g/mol. The van der Waals surface area contributed by atoms with Crippen molar-refractivity contribution in [3.8, 4) is 0 Å². The molecule has 0 aromatic carbocycles. The summed E-state index contributed by atoms with van der Waals surface area (Å²) >= 11 is 0. The first-order valence-electron chi connectivity index (χ1n) is 5.11. The molecule has 1 rings (SSSR count). The molecule has 1 heterocycles. The second-order valence-corrected chi connectivity index (χ2v) is 6.27. The lowest BCUT2D eigenvalue weighted by molar-refractivity contribution is 0.431. The standard InChI is InChI=1S/C10H19NO2S/c1-3-5-9(2)11-10-6-4-7-14(12,13)8-10/h3,9-11H,1,4-8H2,2H3. The first kappa shape index (κ1) is 11.7. The smallest absolute Gasteiger partial charge is 0.151 e. The van der Waals surface area contributed by atoms with Crippen molar-refractivity contribution in [2.75, 3.05) is 11.5 Å². The first-order valence-corrected chi connectivity index (χ1v) is 6.93. The molecule has 4 heteroatoms. The van der Waals surface area contributed by atoms with Crippen molar-refractivity contribution in [1.82, 2.24) is 5.32 Å². The van der Waals surface area contributed by atoms with E-state index in [2.05, 4.69) is 18.8 Å². The van der Waals surface area contributed by atoms with Crippen molar-refractivity contribution in [3.63, 3.8) is 0 Å². The second kappa shape index (κ2) is 4.94. The number of nitrogens with one attached hydrogen (secondary N) is 1. The van der Waals surface area contributed by atoms with E-state index in [1.54, 1.807) is 0 Å². The van der Waals surface area contributed by atoms with Gasteiger partial charge in [0.15, 0.2) is 9.84 Å². The maximum atomic E-state index is 11.3. The van der Waals surface area contributed by atoms with E-state index in [9.17, 15) is 8.42 Å². The Labute approximate surface area is 86.5 Å². The molecule has 1 aliphatic heterocycles. The zero-order chi connectivity index (χ0) is 10.6. The van der Waals surface area contributed by atoms with E-state index in [0.29, 0.717) is 17.5 Å². The molecule has 82 valence electrons. The number of hydrogen-bond acceptors (Lipinski definition) is 3. The minimum Gasteiger partial charge on any atom is -0.310 e. The molecule has 0 aliphatic carbocycles. The molecule has 14 heavy (non-hydrogen) atoms. The maximum absolute atomic E-state index is 11.3. The number of sulfone groups is 1. The van der Waals surface area contributed by atoms with Gasteiger partial charge in [0.1, 0.15) is 0 Å². The van der Waals surface area contributed by atoms with Gasteiger partial charge in [0.2, 0.25) is 0 Å². The van der Waals surface area contributed by atoms with Crippen molar-refractivity contribution < 1.29 is 8.42 Å². The van der Waals surface area contributed by atoms with Crippen LogP contribution in [0.15, 0.2) is 12.7 Å². The second-order valence-electron chi connectivity index (χ2n) is 4.05. The van der Waals surface area contributed by atoms with Crippen molar-refractivity contribution in [1.29, 1.82) is 0 Å². The van der Waals surface area contributed by atoms with Gasteiger partial charge in [0.25, 0.3) is 0 Å². The fraction of sp³-hybridized carbons (Fsp3) is 0.800. The predicted molar refractivity (Wildman–Crippen MR) is 59.1 cm³/mol. The van der Waals surface area contributed by atoms with Crippen molar-refractivity contribution >= 4 is 9.84 Å². The van der Waals surface area contributed by atoms with Gasteiger partial charge in [-0.2, -0.15) is 0 Å². The minimum absolute atomic E-state index is 0.142. The van der Waals surface area contributed by atoms with Gasteiger partial charge in [-0.05, 0) is 26.2 Å². The number of rotatable bonds is 4. The summed E-state index contributed by atoms with van der Waals surface area (Å²) < 4.78 is 22.7. The van der Waals surface area contributed by atoms with Crippen molar-refractivity contribution in [2.45, 2.75) is 38.3 Å². The Kier molecular flexibility index (Phi) is 4.13. The van der Waals surface area contributed by atoms with Crippen LogP contribution in [0.25, 0.3) is 0 Å². The molecule has 3 nitrogen and oxygen atoms in total. The van der Waals surface area contributed by atoms with E-state index < -0.39 is 9.84 Å². The molecule has 2 atom stereocenters. The first-order chi connectivity index (χ1) is 6.53. The maximum Gasteiger partial charge on any atom is 0.151 e. The molecule has 0 amide bonds. The van der Waals surface area contributed by atoms with Gasteiger partial charge in [0, 0.05) is 12.1 Å². The average Bonchev–Trinajstić information content (AvgIpc) is 2.02. The fourth-order valence-corrected chi connectivity index (χ4v) is 3.52. The highest BCUT2D eigenvalue weighted by Crippen LogP contribution is 2.12. The van der Waals surface area contributed by atoms with Gasteiger partial charge >= 0.3 is 0 Å². The van der Waals surface area contributed by atoms with Crippen LogP contribution in [0.3, 0.4) is 0 Å². The van der Waals surface area contributed by atoms with Crippen LogP contribution in [-0.4, -0.2) is 32.0 Å². The van der Waals surface area contributed by atoms with E-state index in [1.165, 1.54) is 0 Å². The highest BCUT2D eigenvalue weighted by atomic mass is 32.2.